The van der Waals surface area contributed by atoms with Gasteiger partial charge in [-0.25, -0.2) is 9.97 Å². The van der Waals surface area contributed by atoms with Crippen molar-refractivity contribution < 1.29 is 14.0 Å². The van der Waals surface area contributed by atoms with Crippen LogP contribution in [0.15, 0.2) is 24.9 Å². The van der Waals surface area contributed by atoms with Gasteiger partial charge in [-0.1, -0.05) is 0 Å². The number of ether oxygens (including phenoxy) is 1. The van der Waals surface area contributed by atoms with Crippen molar-refractivity contribution in [1.29, 1.82) is 0 Å². The molecule has 122 valence electrons. The predicted octanol–water partition coefficient (Wildman–Crippen LogP) is 1.36. The first-order valence-corrected chi connectivity index (χ1v) is 7.68. The second-order valence-electron chi connectivity index (χ2n) is 6.42. The van der Waals surface area contributed by atoms with Gasteiger partial charge in [-0.15, -0.1) is 0 Å². The predicted molar refractivity (Wildman–Crippen MR) is 86.0 cm³/mol. The van der Waals surface area contributed by atoms with E-state index in [0.29, 0.717) is 23.9 Å². The Morgan fingerprint density at radius 1 is 1.22 bits per heavy atom. The molecule has 0 bridgehead atoms. The molecule has 1 fully saturated rings. The van der Waals surface area contributed by atoms with Gasteiger partial charge in [0.25, 0.3) is 0 Å². The molecule has 1 aliphatic heterocycles. The summed E-state index contributed by atoms with van der Waals surface area (Å²) in [5, 5.41) is 0. The van der Waals surface area contributed by atoms with E-state index in [-0.39, 0.29) is 0 Å². The van der Waals surface area contributed by atoms with Crippen molar-refractivity contribution in [2.24, 2.45) is 0 Å². The zero-order valence-electron chi connectivity index (χ0n) is 14.1. The molecule has 0 unspecified atom stereocenters. The van der Waals surface area contributed by atoms with Gasteiger partial charge in [-0.2, -0.15) is 4.98 Å². The Labute approximate surface area is 136 Å². The third-order valence-electron chi connectivity index (χ3n) is 4.29. The summed E-state index contributed by atoms with van der Waals surface area (Å²) >= 11 is 0. The van der Waals surface area contributed by atoms with Crippen LogP contribution in [0.2, 0.25) is 0 Å². The summed E-state index contributed by atoms with van der Waals surface area (Å²) in [5.74, 6) is 0.955. The first kappa shape index (κ1) is 16.0. The molecule has 0 atom stereocenters. The first-order chi connectivity index (χ1) is 10.8. The molecule has 0 amide bonds. The van der Waals surface area contributed by atoms with E-state index in [4.69, 9.17) is 14.0 Å². The number of imidazole rings is 1. The highest BCUT2D eigenvalue weighted by molar-refractivity contribution is 6.63. The van der Waals surface area contributed by atoms with Crippen LogP contribution in [0.4, 0.5) is 0 Å². The number of rotatable bonds is 4. The maximum atomic E-state index is 6.07. The van der Waals surface area contributed by atoms with Crippen molar-refractivity contribution in [2.75, 3.05) is 6.61 Å². The van der Waals surface area contributed by atoms with Gasteiger partial charge in [0.2, 0.25) is 11.8 Å². The van der Waals surface area contributed by atoms with Crippen molar-refractivity contribution in [2.45, 2.75) is 45.8 Å². The summed E-state index contributed by atoms with van der Waals surface area (Å²) < 4.78 is 19.5. The molecule has 0 aliphatic carbocycles. The van der Waals surface area contributed by atoms with E-state index in [1.54, 1.807) is 29.5 Å². The van der Waals surface area contributed by atoms with Gasteiger partial charge in [-0.3, -0.25) is 4.57 Å². The fourth-order valence-corrected chi connectivity index (χ4v) is 2.25. The molecule has 0 aromatic carbocycles. The molecule has 8 heteroatoms. The van der Waals surface area contributed by atoms with E-state index in [2.05, 4.69) is 15.0 Å². The topological polar surface area (TPSA) is 71.3 Å². The van der Waals surface area contributed by atoms with Gasteiger partial charge >= 0.3 is 7.12 Å². The third-order valence-corrected chi connectivity index (χ3v) is 4.29. The van der Waals surface area contributed by atoms with Gasteiger partial charge in [0.15, 0.2) is 0 Å². The fourth-order valence-electron chi connectivity index (χ4n) is 2.25. The molecule has 3 rings (SSSR count). The van der Waals surface area contributed by atoms with E-state index >= 15 is 0 Å². The fraction of sp³-hybridized carbons (Fsp3) is 0.533. The van der Waals surface area contributed by atoms with Gasteiger partial charge in [0.1, 0.15) is 6.33 Å². The number of nitrogens with zero attached hydrogens (tertiary/aromatic N) is 4. The van der Waals surface area contributed by atoms with E-state index < -0.39 is 18.3 Å². The molecule has 2 aromatic heterocycles. The van der Waals surface area contributed by atoms with Gasteiger partial charge in [0, 0.05) is 18.6 Å². The lowest BCUT2D eigenvalue weighted by atomic mass is 9.81. The van der Waals surface area contributed by atoms with Crippen LogP contribution in [-0.4, -0.2) is 44.4 Å². The third kappa shape index (κ3) is 2.84. The molecule has 0 N–H and O–H groups in total. The smallest absolute Gasteiger partial charge is 0.478 e. The lowest BCUT2D eigenvalue weighted by Crippen LogP contribution is -2.41. The van der Waals surface area contributed by atoms with E-state index in [9.17, 15) is 0 Å². The van der Waals surface area contributed by atoms with E-state index in [1.165, 1.54) is 0 Å². The Morgan fingerprint density at radius 3 is 2.48 bits per heavy atom. The normalized spacial score (nSPS) is 19.1. The summed E-state index contributed by atoms with van der Waals surface area (Å²) in [7, 11) is -0.557. The van der Waals surface area contributed by atoms with Crippen molar-refractivity contribution in [3.05, 3.63) is 24.9 Å². The quantitative estimate of drug-likeness (QED) is 0.793. The van der Waals surface area contributed by atoms with Crippen LogP contribution in [0.1, 0.15) is 34.6 Å². The molecular formula is C15H21BN4O3. The lowest BCUT2D eigenvalue weighted by Gasteiger charge is -2.32. The summed E-state index contributed by atoms with van der Waals surface area (Å²) in [6.07, 6.45) is 6.78. The molecule has 0 radical (unpaired) electrons. The number of aromatic nitrogens is 4. The molecule has 1 saturated heterocycles. The Bertz CT molecular complexity index is 672. The van der Waals surface area contributed by atoms with Crippen LogP contribution in [-0.2, 0) is 9.31 Å². The van der Waals surface area contributed by atoms with Crippen molar-refractivity contribution in [3.8, 4) is 11.8 Å². The highest BCUT2D eigenvalue weighted by atomic mass is 16.7. The van der Waals surface area contributed by atoms with E-state index in [1.807, 2.05) is 34.6 Å². The number of hydrogen-bond acceptors (Lipinski definition) is 6. The summed E-state index contributed by atoms with van der Waals surface area (Å²) in [6, 6.07) is 0. The van der Waals surface area contributed by atoms with Crippen molar-refractivity contribution >= 4 is 12.6 Å². The molecule has 7 nitrogen and oxygen atoms in total. The molecule has 2 aromatic rings. The second kappa shape index (κ2) is 5.61. The molecule has 23 heavy (non-hydrogen) atoms. The summed E-state index contributed by atoms with van der Waals surface area (Å²) in [6.45, 7) is 10.4. The van der Waals surface area contributed by atoms with Gasteiger partial charge in [-0.05, 0) is 34.6 Å². The highest BCUT2D eigenvalue weighted by Gasteiger charge is 2.53. The van der Waals surface area contributed by atoms with Crippen LogP contribution in [0, 0.1) is 0 Å². The lowest BCUT2D eigenvalue weighted by molar-refractivity contribution is 0.00578. The second-order valence-corrected chi connectivity index (χ2v) is 6.42. The molecule has 3 heterocycles. The van der Waals surface area contributed by atoms with E-state index in [0.717, 1.165) is 0 Å². The SMILES string of the molecule is CCOc1nc(-n2ccnc2)ncc1B1OC(C)(C)C(C)(C)O1. The van der Waals surface area contributed by atoms with Crippen LogP contribution in [0.25, 0.3) is 5.95 Å². The van der Waals surface area contributed by atoms with Crippen LogP contribution < -0.4 is 10.2 Å². The minimum Gasteiger partial charge on any atom is -0.478 e. The average Bonchev–Trinajstić information content (AvgIpc) is 3.06. The van der Waals surface area contributed by atoms with Gasteiger partial charge < -0.3 is 14.0 Å². The minimum atomic E-state index is -0.557. The van der Waals surface area contributed by atoms with Crippen molar-refractivity contribution in [3.63, 3.8) is 0 Å². The van der Waals surface area contributed by atoms with Crippen LogP contribution in [0.3, 0.4) is 0 Å². The Hall–Kier alpha value is -1.93. The number of hydrogen-bond donors (Lipinski definition) is 0. The van der Waals surface area contributed by atoms with Gasteiger partial charge in [0.05, 0.1) is 23.3 Å². The minimum absolute atomic E-state index is 0.426. The standard InChI is InChI=1S/C15H21BN4O3/c1-6-21-12-11(16-22-14(2,3)15(4,5)23-16)9-18-13(19-12)20-8-7-17-10-20/h7-10H,6H2,1-5H3. The van der Waals surface area contributed by atoms with Crippen molar-refractivity contribution in [1.82, 2.24) is 19.5 Å². The Kier molecular flexibility index (Phi) is 3.89. The maximum Gasteiger partial charge on any atom is 0.502 e. The van der Waals surface area contributed by atoms with Crippen LogP contribution in [0.5, 0.6) is 5.88 Å². The molecule has 0 saturated carbocycles. The molecule has 1 aliphatic rings. The zero-order valence-corrected chi connectivity index (χ0v) is 14.1. The Balaban J connectivity index is 1.96. The summed E-state index contributed by atoms with van der Waals surface area (Å²) in [5.41, 5.74) is -0.164. The highest BCUT2D eigenvalue weighted by Crippen LogP contribution is 2.37. The molecular weight excluding hydrogens is 295 g/mol. The zero-order chi connectivity index (χ0) is 16.7. The average molecular weight is 316 g/mol. The largest absolute Gasteiger partial charge is 0.502 e. The monoisotopic (exact) mass is 316 g/mol. The molecule has 0 spiro atoms. The Morgan fingerprint density at radius 2 is 1.91 bits per heavy atom. The van der Waals surface area contributed by atoms with Crippen LogP contribution >= 0.6 is 0 Å². The summed E-state index contributed by atoms with van der Waals surface area (Å²) in [4.78, 5) is 12.9. The first-order valence-electron chi connectivity index (χ1n) is 7.68. The maximum absolute atomic E-state index is 6.07.